The van der Waals surface area contributed by atoms with Crippen LogP contribution in [-0.4, -0.2) is 84.3 Å². The molecule has 3 atom stereocenters. The van der Waals surface area contributed by atoms with E-state index < -0.39 is 31.5 Å². The monoisotopic (exact) mass is 506 g/mol. The van der Waals surface area contributed by atoms with Crippen molar-refractivity contribution >= 4 is 5.97 Å². The Morgan fingerprint density at radius 2 is 1.09 bits per heavy atom. The SMILES string of the molecule is CCCCCCCCCCCCCCCCCC(=O)OCC(COCC(O)CO)OCC(O)CO. The van der Waals surface area contributed by atoms with Crippen LogP contribution in [0.4, 0.5) is 0 Å². The highest BCUT2D eigenvalue weighted by molar-refractivity contribution is 5.69. The van der Waals surface area contributed by atoms with E-state index in [1.165, 1.54) is 77.0 Å². The maximum Gasteiger partial charge on any atom is 0.305 e. The van der Waals surface area contributed by atoms with Crippen LogP contribution in [0.1, 0.15) is 110 Å². The van der Waals surface area contributed by atoms with Crippen molar-refractivity contribution in [3.63, 3.8) is 0 Å². The summed E-state index contributed by atoms with van der Waals surface area (Å²) in [6.45, 7) is 1.20. The molecule has 0 amide bonds. The minimum absolute atomic E-state index is 0.0292. The van der Waals surface area contributed by atoms with Crippen molar-refractivity contribution in [3.05, 3.63) is 0 Å². The molecule has 0 saturated heterocycles. The number of rotatable bonds is 27. The second-order valence-corrected chi connectivity index (χ2v) is 9.55. The molecule has 8 nitrogen and oxygen atoms in total. The lowest BCUT2D eigenvalue weighted by atomic mass is 10.0. The standard InChI is InChI=1S/C27H54O8/c1-2-3-4-5-6-7-8-9-10-11-12-13-14-15-16-17-27(32)35-23-26(34-21-25(31)19-29)22-33-20-24(30)18-28/h24-26,28-31H,2-23H2,1H3. The molecule has 0 aromatic carbocycles. The second kappa shape index (κ2) is 26.3. The predicted octanol–water partition coefficient (Wildman–Crippen LogP) is 3.90. The molecular formula is C27H54O8. The van der Waals surface area contributed by atoms with Crippen molar-refractivity contribution in [1.82, 2.24) is 0 Å². The Morgan fingerprint density at radius 3 is 1.57 bits per heavy atom. The summed E-state index contributed by atoms with van der Waals surface area (Å²) in [6, 6.07) is 0. The van der Waals surface area contributed by atoms with Gasteiger partial charge in [-0.3, -0.25) is 4.79 Å². The zero-order valence-corrected chi connectivity index (χ0v) is 22.2. The second-order valence-electron chi connectivity index (χ2n) is 9.55. The van der Waals surface area contributed by atoms with Gasteiger partial charge in [0.05, 0.1) is 33.0 Å². The number of hydrogen-bond donors (Lipinski definition) is 4. The van der Waals surface area contributed by atoms with E-state index in [1.807, 2.05) is 0 Å². The van der Waals surface area contributed by atoms with Crippen LogP contribution in [0, 0.1) is 0 Å². The first-order chi connectivity index (χ1) is 17.0. The fraction of sp³-hybridized carbons (Fsp3) is 0.963. The lowest BCUT2D eigenvalue weighted by Gasteiger charge is -2.20. The van der Waals surface area contributed by atoms with E-state index >= 15 is 0 Å². The number of hydrogen-bond acceptors (Lipinski definition) is 8. The first kappa shape index (κ1) is 34.2. The van der Waals surface area contributed by atoms with E-state index in [0.29, 0.717) is 6.42 Å². The maximum atomic E-state index is 12.0. The number of aliphatic hydroxyl groups excluding tert-OH is 4. The Balaban J connectivity index is 3.70. The molecule has 0 bridgehead atoms. The van der Waals surface area contributed by atoms with Gasteiger partial charge in [0.25, 0.3) is 0 Å². The van der Waals surface area contributed by atoms with Crippen LogP contribution in [0.15, 0.2) is 0 Å². The molecule has 0 saturated carbocycles. The van der Waals surface area contributed by atoms with Crippen molar-refractivity contribution in [3.8, 4) is 0 Å². The van der Waals surface area contributed by atoms with Crippen LogP contribution in [0.25, 0.3) is 0 Å². The Bertz CT molecular complexity index is 449. The van der Waals surface area contributed by atoms with Crippen LogP contribution >= 0.6 is 0 Å². The molecule has 0 aliphatic carbocycles. The highest BCUT2D eigenvalue weighted by Gasteiger charge is 2.16. The number of carbonyl (C=O) groups is 1. The molecule has 0 aliphatic rings. The summed E-state index contributed by atoms with van der Waals surface area (Å²) in [5.74, 6) is -0.300. The molecule has 0 aliphatic heterocycles. The quantitative estimate of drug-likeness (QED) is 0.0976. The number of aliphatic hydroxyl groups is 4. The largest absolute Gasteiger partial charge is 0.463 e. The van der Waals surface area contributed by atoms with Gasteiger partial charge in [-0.1, -0.05) is 96.8 Å². The van der Waals surface area contributed by atoms with Crippen LogP contribution in [0.5, 0.6) is 0 Å². The molecule has 4 N–H and O–H groups in total. The van der Waals surface area contributed by atoms with Crippen LogP contribution in [0.2, 0.25) is 0 Å². The molecule has 3 unspecified atom stereocenters. The topological polar surface area (TPSA) is 126 Å². The zero-order valence-electron chi connectivity index (χ0n) is 22.2. The van der Waals surface area contributed by atoms with Gasteiger partial charge in [0.15, 0.2) is 0 Å². The summed E-state index contributed by atoms with van der Waals surface area (Å²) in [6.07, 6.45) is 16.8. The predicted molar refractivity (Wildman–Crippen MR) is 137 cm³/mol. The van der Waals surface area contributed by atoms with Gasteiger partial charge < -0.3 is 34.6 Å². The van der Waals surface area contributed by atoms with E-state index in [4.69, 9.17) is 24.4 Å². The summed E-state index contributed by atoms with van der Waals surface area (Å²) >= 11 is 0. The third kappa shape index (κ3) is 24.7. The normalized spacial score (nSPS) is 14.1. The number of carbonyl (C=O) groups excluding carboxylic acids is 1. The molecule has 0 aromatic heterocycles. The van der Waals surface area contributed by atoms with Crippen molar-refractivity contribution in [2.24, 2.45) is 0 Å². The molecule has 35 heavy (non-hydrogen) atoms. The molecule has 0 radical (unpaired) electrons. The van der Waals surface area contributed by atoms with E-state index in [-0.39, 0.29) is 32.4 Å². The third-order valence-corrected chi connectivity index (χ3v) is 5.97. The lowest BCUT2D eigenvalue weighted by Crippen LogP contribution is -2.33. The molecule has 0 heterocycles. The smallest absolute Gasteiger partial charge is 0.305 e. The molecule has 0 rings (SSSR count). The van der Waals surface area contributed by atoms with Gasteiger partial charge >= 0.3 is 5.97 Å². The van der Waals surface area contributed by atoms with Gasteiger partial charge in [-0.15, -0.1) is 0 Å². The Kier molecular flexibility index (Phi) is 25.7. The summed E-state index contributed by atoms with van der Waals surface area (Å²) in [4.78, 5) is 12.0. The fourth-order valence-electron chi connectivity index (χ4n) is 3.73. The van der Waals surface area contributed by atoms with Gasteiger partial charge in [-0.2, -0.15) is 0 Å². The number of esters is 1. The average molecular weight is 507 g/mol. The van der Waals surface area contributed by atoms with Crippen molar-refractivity contribution < 1.29 is 39.4 Å². The summed E-state index contributed by atoms with van der Waals surface area (Å²) in [7, 11) is 0. The molecule has 210 valence electrons. The Hall–Kier alpha value is -0.770. The Morgan fingerprint density at radius 1 is 0.629 bits per heavy atom. The van der Waals surface area contributed by atoms with E-state index in [9.17, 15) is 15.0 Å². The fourth-order valence-corrected chi connectivity index (χ4v) is 3.73. The molecule has 0 fully saturated rings. The lowest BCUT2D eigenvalue weighted by molar-refractivity contribution is -0.152. The number of ether oxygens (including phenoxy) is 3. The zero-order chi connectivity index (χ0) is 26.0. The van der Waals surface area contributed by atoms with Crippen molar-refractivity contribution in [1.29, 1.82) is 0 Å². The highest BCUT2D eigenvalue weighted by atomic mass is 16.6. The molecular weight excluding hydrogens is 452 g/mol. The molecule has 8 heteroatoms. The minimum atomic E-state index is -1.03. The first-order valence-corrected chi connectivity index (χ1v) is 14.0. The van der Waals surface area contributed by atoms with E-state index in [2.05, 4.69) is 6.92 Å². The first-order valence-electron chi connectivity index (χ1n) is 14.0. The molecule has 0 spiro atoms. The molecule has 0 aromatic rings. The summed E-state index contributed by atoms with van der Waals surface area (Å²) in [5.41, 5.74) is 0. The summed E-state index contributed by atoms with van der Waals surface area (Å²) < 4.78 is 16.0. The van der Waals surface area contributed by atoms with Crippen LogP contribution < -0.4 is 0 Å². The van der Waals surface area contributed by atoms with Gasteiger partial charge in [0.1, 0.15) is 24.9 Å². The minimum Gasteiger partial charge on any atom is -0.463 e. The average Bonchev–Trinajstić information content (AvgIpc) is 2.87. The van der Waals surface area contributed by atoms with Crippen LogP contribution in [0.3, 0.4) is 0 Å². The van der Waals surface area contributed by atoms with E-state index in [0.717, 1.165) is 19.3 Å². The van der Waals surface area contributed by atoms with Gasteiger partial charge in [0, 0.05) is 6.42 Å². The summed E-state index contributed by atoms with van der Waals surface area (Å²) in [5, 5.41) is 36.5. The van der Waals surface area contributed by atoms with Gasteiger partial charge in [0.2, 0.25) is 0 Å². The highest BCUT2D eigenvalue weighted by Crippen LogP contribution is 2.14. The van der Waals surface area contributed by atoms with Crippen molar-refractivity contribution in [2.75, 3.05) is 39.6 Å². The van der Waals surface area contributed by atoms with Crippen molar-refractivity contribution in [2.45, 2.75) is 128 Å². The number of unbranched alkanes of at least 4 members (excludes halogenated alkanes) is 14. The van der Waals surface area contributed by atoms with Gasteiger partial charge in [-0.05, 0) is 6.42 Å². The van der Waals surface area contributed by atoms with Crippen LogP contribution in [-0.2, 0) is 19.0 Å². The van der Waals surface area contributed by atoms with Gasteiger partial charge in [-0.25, -0.2) is 0 Å². The maximum absolute atomic E-state index is 12.0. The van der Waals surface area contributed by atoms with E-state index in [1.54, 1.807) is 0 Å². The third-order valence-electron chi connectivity index (χ3n) is 5.97. The Labute approximate surface area is 213 Å².